The molecule has 0 spiro atoms. The van der Waals surface area contributed by atoms with Crippen LogP contribution in [0.1, 0.15) is 36.1 Å². The number of aromatic nitrogens is 1. The summed E-state index contributed by atoms with van der Waals surface area (Å²) in [5.41, 5.74) is 12.3. The highest BCUT2D eigenvalue weighted by atomic mass is 14.9. The lowest BCUT2D eigenvalue weighted by atomic mass is 9.78. The SMILES string of the molecule is CC1=CC(c2ccccc2)C2=C(N1)c1nc(-c3ccccc3)cc(-c3ccccc3)c1CC2. The van der Waals surface area contributed by atoms with Gasteiger partial charge >= 0.3 is 0 Å². The first kappa shape index (κ1) is 19.8. The molecule has 2 heterocycles. The van der Waals surface area contributed by atoms with Gasteiger partial charge in [0.2, 0.25) is 0 Å². The van der Waals surface area contributed by atoms with Crippen LogP contribution in [0.3, 0.4) is 0 Å². The summed E-state index contributed by atoms with van der Waals surface area (Å²) in [6.07, 6.45) is 4.39. The maximum Gasteiger partial charge on any atom is 0.0910 e. The van der Waals surface area contributed by atoms with E-state index in [0.29, 0.717) is 0 Å². The van der Waals surface area contributed by atoms with Crippen molar-refractivity contribution in [1.29, 1.82) is 0 Å². The van der Waals surface area contributed by atoms with Crippen LogP contribution in [0.5, 0.6) is 0 Å². The minimum atomic E-state index is 0.290. The Balaban J connectivity index is 1.58. The van der Waals surface area contributed by atoms with Gasteiger partial charge in [-0.2, -0.15) is 0 Å². The quantitative estimate of drug-likeness (QED) is 0.370. The molecule has 1 aliphatic carbocycles. The normalized spacial score (nSPS) is 17.0. The molecule has 2 heteroatoms. The van der Waals surface area contributed by atoms with Crippen LogP contribution in [0, 0.1) is 0 Å². The monoisotopic (exact) mass is 426 g/mol. The molecule has 6 rings (SSSR count). The van der Waals surface area contributed by atoms with Gasteiger partial charge in [0.25, 0.3) is 0 Å². The number of rotatable bonds is 3. The fraction of sp³-hybridized carbons (Fsp3) is 0.129. The predicted molar refractivity (Wildman–Crippen MR) is 136 cm³/mol. The van der Waals surface area contributed by atoms with E-state index in [-0.39, 0.29) is 5.92 Å². The summed E-state index contributed by atoms with van der Waals surface area (Å²) in [6, 6.07) is 34.4. The molecule has 160 valence electrons. The van der Waals surface area contributed by atoms with Crippen LogP contribution in [-0.4, -0.2) is 4.98 Å². The van der Waals surface area contributed by atoms with Crippen molar-refractivity contribution in [3.05, 3.63) is 131 Å². The van der Waals surface area contributed by atoms with Crippen molar-refractivity contribution in [1.82, 2.24) is 10.3 Å². The topological polar surface area (TPSA) is 24.9 Å². The van der Waals surface area contributed by atoms with E-state index in [9.17, 15) is 0 Å². The Morgan fingerprint density at radius 2 is 1.39 bits per heavy atom. The molecule has 0 fully saturated rings. The molecule has 3 aromatic carbocycles. The summed E-state index contributed by atoms with van der Waals surface area (Å²) in [6.45, 7) is 2.16. The van der Waals surface area contributed by atoms with E-state index >= 15 is 0 Å². The average Bonchev–Trinajstić information content (AvgIpc) is 2.89. The molecule has 1 N–H and O–H groups in total. The zero-order chi connectivity index (χ0) is 22.2. The maximum absolute atomic E-state index is 5.27. The van der Waals surface area contributed by atoms with Crippen LogP contribution >= 0.6 is 0 Å². The fourth-order valence-corrected chi connectivity index (χ4v) is 5.20. The minimum absolute atomic E-state index is 0.290. The number of hydrogen-bond acceptors (Lipinski definition) is 2. The Morgan fingerprint density at radius 3 is 2.09 bits per heavy atom. The number of pyridine rings is 1. The van der Waals surface area contributed by atoms with Crippen LogP contribution in [0.15, 0.2) is 114 Å². The van der Waals surface area contributed by atoms with Gasteiger partial charge in [-0.15, -0.1) is 0 Å². The second-order valence-corrected chi connectivity index (χ2v) is 8.88. The van der Waals surface area contributed by atoms with Crippen molar-refractivity contribution in [2.75, 3.05) is 0 Å². The molecular weight excluding hydrogens is 400 g/mol. The largest absolute Gasteiger partial charge is 0.358 e. The Bertz CT molecular complexity index is 1370. The van der Waals surface area contributed by atoms with E-state index in [1.807, 2.05) is 0 Å². The highest BCUT2D eigenvalue weighted by Crippen LogP contribution is 2.44. The summed E-state index contributed by atoms with van der Waals surface area (Å²) in [7, 11) is 0. The Labute approximate surface area is 195 Å². The summed E-state index contributed by atoms with van der Waals surface area (Å²) in [4.78, 5) is 5.27. The maximum atomic E-state index is 5.27. The zero-order valence-electron chi connectivity index (χ0n) is 18.8. The first-order valence-electron chi connectivity index (χ1n) is 11.7. The van der Waals surface area contributed by atoms with Crippen LogP contribution in [0.2, 0.25) is 0 Å². The molecule has 1 aromatic heterocycles. The highest BCUT2D eigenvalue weighted by molar-refractivity contribution is 5.83. The van der Waals surface area contributed by atoms with E-state index < -0.39 is 0 Å². The molecule has 1 atom stereocenters. The molecule has 4 aromatic rings. The Morgan fingerprint density at radius 1 is 0.758 bits per heavy atom. The van der Waals surface area contributed by atoms with Gasteiger partial charge in [-0.05, 0) is 53.7 Å². The second-order valence-electron chi connectivity index (χ2n) is 8.88. The molecule has 2 nitrogen and oxygen atoms in total. The Kier molecular flexibility index (Phi) is 4.92. The van der Waals surface area contributed by atoms with E-state index in [1.165, 1.54) is 39.2 Å². The number of hydrogen-bond donors (Lipinski definition) is 1. The van der Waals surface area contributed by atoms with E-state index in [2.05, 4.69) is 115 Å². The van der Waals surface area contributed by atoms with Gasteiger partial charge in [0.05, 0.1) is 17.1 Å². The number of nitrogens with one attached hydrogen (secondary N) is 1. The number of benzene rings is 3. The second kappa shape index (κ2) is 8.22. The third-order valence-corrected chi connectivity index (χ3v) is 6.75. The van der Waals surface area contributed by atoms with Crippen molar-refractivity contribution >= 4 is 5.70 Å². The number of allylic oxidation sites excluding steroid dienone is 3. The molecule has 1 aliphatic heterocycles. The van der Waals surface area contributed by atoms with Crippen LogP contribution in [0.25, 0.3) is 28.1 Å². The average molecular weight is 427 g/mol. The Hall–Kier alpha value is -3.91. The van der Waals surface area contributed by atoms with E-state index in [4.69, 9.17) is 4.98 Å². The molecule has 0 saturated heterocycles. The number of fused-ring (bicyclic) bond motifs is 2. The van der Waals surface area contributed by atoms with Crippen molar-refractivity contribution in [3.8, 4) is 22.4 Å². The third kappa shape index (κ3) is 3.58. The predicted octanol–water partition coefficient (Wildman–Crippen LogP) is 7.36. The lowest BCUT2D eigenvalue weighted by Gasteiger charge is -2.33. The van der Waals surface area contributed by atoms with E-state index in [1.54, 1.807) is 0 Å². The standard InChI is InChI=1S/C31H26N2/c1-21-19-27(22-11-5-2-6-12-22)25-17-18-26-28(23-13-7-3-8-14-23)20-29(24-15-9-4-10-16-24)33-31(26)30(25)32-21/h2-16,19-20,27,32H,17-18H2,1H3. The first-order chi connectivity index (χ1) is 16.3. The molecule has 2 aliphatic rings. The number of nitrogens with zero attached hydrogens (tertiary/aromatic N) is 1. The van der Waals surface area contributed by atoms with Gasteiger partial charge in [-0.1, -0.05) is 97.1 Å². The van der Waals surface area contributed by atoms with Crippen molar-refractivity contribution in [2.24, 2.45) is 0 Å². The van der Waals surface area contributed by atoms with E-state index in [0.717, 1.165) is 29.8 Å². The molecule has 0 radical (unpaired) electrons. The summed E-state index contributed by atoms with van der Waals surface area (Å²) < 4.78 is 0. The van der Waals surface area contributed by atoms with Gasteiger partial charge < -0.3 is 5.32 Å². The van der Waals surface area contributed by atoms with Crippen molar-refractivity contribution in [3.63, 3.8) is 0 Å². The zero-order valence-corrected chi connectivity index (χ0v) is 18.8. The number of dihydropyridines is 1. The first-order valence-corrected chi connectivity index (χ1v) is 11.7. The summed E-state index contributed by atoms with van der Waals surface area (Å²) >= 11 is 0. The lowest BCUT2D eigenvalue weighted by Crippen LogP contribution is -2.25. The van der Waals surface area contributed by atoms with Gasteiger partial charge in [-0.3, -0.25) is 0 Å². The molecule has 0 saturated carbocycles. The minimum Gasteiger partial charge on any atom is -0.358 e. The van der Waals surface area contributed by atoms with Crippen LogP contribution in [-0.2, 0) is 6.42 Å². The molecular formula is C31H26N2. The highest BCUT2D eigenvalue weighted by Gasteiger charge is 2.31. The van der Waals surface area contributed by atoms with Gasteiger partial charge in [-0.25, -0.2) is 4.98 Å². The summed E-state index contributed by atoms with van der Waals surface area (Å²) in [5, 5.41) is 3.71. The van der Waals surface area contributed by atoms with Crippen LogP contribution < -0.4 is 5.32 Å². The molecule has 0 bridgehead atoms. The summed E-state index contributed by atoms with van der Waals surface area (Å²) in [5.74, 6) is 0.290. The van der Waals surface area contributed by atoms with Crippen LogP contribution in [0.4, 0.5) is 0 Å². The van der Waals surface area contributed by atoms with Crippen molar-refractivity contribution in [2.45, 2.75) is 25.7 Å². The molecule has 1 unspecified atom stereocenters. The van der Waals surface area contributed by atoms with Gasteiger partial charge in [0.15, 0.2) is 0 Å². The third-order valence-electron chi connectivity index (χ3n) is 6.75. The smallest absolute Gasteiger partial charge is 0.0910 e. The van der Waals surface area contributed by atoms with Gasteiger partial charge in [0.1, 0.15) is 0 Å². The molecule has 0 amide bonds. The lowest BCUT2D eigenvalue weighted by molar-refractivity contribution is 0.775. The molecule has 33 heavy (non-hydrogen) atoms. The van der Waals surface area contributed by atoms with Gasteiger partial charge in [0, 0.05) is 17.2 Å². The van der Waals surface area contributed by atoms with Crippen molar-refractivity contribution < 1.29 is 0 Å². The fourth-order valence-electron chi connectivity index (χ4n) is 5.20.